The standard InChI is InChI=1S/C15H24O2/c1-3-4-5-6-7-8-9-10-15-14(16)11-13(2)12-17-15/h5-10,13-16H,3-4,11-12H2,1-2H3/b6-5+,8-7+,10-9+/t13-,14+,15-/m0/s1. The highest BCUT2D eigenvalue weighted by atomic mass is 16.5. The molecule has 0 aromatic carbocycles. The average Bonchev–Trinajstić information content (AvgIpc) is 2.30. The molecule has 1 saturated heterocycles. The molecule has 0 bridgehead atoms. The monoisotopic (exact) mass is 236 g/mol. The van der Waals surface area contributed by atoms with E-state index in [1.165, 1.54) is 6.42 Å². The Kier molecular flexibility index (Phi) is 6.90. The number of hydrogen-bond donors (Lipinski definition) is 1. The van der Waals surface area contributed by atoms with Crippen LogP contribution in [0.15, 0.2) is 36.5 Å². The van der Waals surface area contributed by atoms with E-state index in [2.05, 4.69) is 19.9 Å². The highest BCUT2D eigenvalue weighted by molar-refractivity contribution is 5.13. The van der Waals surface area contributed by atoms with Crippen molar-refractivity contribution in [2.24, 2.45) is 5.92 Å². The SMILES string of the molecule is CCC/C=C/C=C/C=C/[C@@H]1OC[C@@H](C)C[C@H]1O. The molecule has 1 aliphatic heterocycles. The van der Waals surface area contributed by atoms with Gasteiger partial charge in [-0.3, -0.25) is 0 Å². The minimum Gasteiger partial charge on any atom is -0.390 e. The van der Waals surface area contributed by atoms with E-state index in [4.69, 9.17) is 4.74 Å². The van der Waals surface area contributed by atoms with Crippen LogP contribution in [0.2, 0.25) is 0 Å². The highest BCUT2D eigenvalue weighted by Crippen LogP contribution is 2.19. The summed E-state index contributed by atoms with van der Waals surface area (Å²) < 4.78 is 5.56. The largest absolute Gasteiger partial charge is 0.390 e. The first kappa shape index (κ1) is 14.2. The van der Waals surface area contributed by atoms with Crippen LogP contribution in [0.4, 0.5) is 0 Å². The van der Waals surface area contributed by atoms with Crippen molar-refractivity contribution >= 4 is 0 Å². The molecule has 0 aliphatic carbocycles. The Morgan fingerprint density at radius 1 is 1.24 bits per heavy atom. The van der Waals surface area contributed by atoms with E-state index in [-0.39, 0.29) is 12.2 Å². The van der Waals surface area contributed by atoms with E-state index in [0.717, 1.165) is 19.4 Å². The summed E-state index contributed by atoms with van der Waals surface area (Å²) in [5.41, 5.74) is 0. The molecule has 2 heteroatoms. The Morgan fingerprint density at radius 2 is 2.00 bits per heavy atom. The third-order valence-electron chi connectivity index (χ3n) is 2.82. The molecule has 1 N–H and O–H groups in total. The topological polar surface area (TPSA) is 29.5 Å². The van der Waals surface area contributed by atoms with Crippen molar-refractivity contribution in [3.05, 3.63) is 36.5 Å². The Morgan fingerprint density at radius 3 is 2.71 bits per heavy atom. The van der Waals surface area contributed by atoms with E-state index in [1.807, 2.05) is 30.4 Å². The molecule has 0 saturated carbocycles. The Labute approximate surface area is 105 Å². The predicted octanol–water partition coefficient (Wildman–Crippen LogP) is 3.24. The molecule has 2 nitrogen and oxygen atoms in total. The van der Waals surface area contributed by atoms with E-state index in [0.29, 0.717) is 5.92 Å². The van der Waals surface area contributed by atoms with Gasteiger partial charge in [0.25, 0.3) is 0 Å². The van der Waals surface area contributed by atoms with Gasteiger partial charge in [-0.15, -0.1) is 0 Å². The third-order valence-corrected chi connectivity index (χ3v) is 2.82. The lowest BCUT2D eigenvalue weighted by atomic mass is 9.97. The Bertz CT molecular complexity index is 279. The summed E-state index contributed by atoms with van der Waals surface area (Å²) >= 11 is 0. The quantitative estimate of drug-likeness (QED) is 0.743. The van der Waals surface area contributed by atoms with E-state index in [1.54, 1.807) is 0 Å². The molecule has 1 fully saturated rings. The van der Waals surface area contributed by atoms with Crippen LogP contribution >= 0.6 is 0 Å². The maximum Gasteiger partial charge on any atom is 0.102 e. The number of hydrogen-bond acceptors (Lipinski definition) is 2. The third kappa shape index (κ3) is 5.85. The summed E-state index contributed by atoms with van der Waals surface area (Å²) in [6.07, 6.45) is 14.7. The van der Waals surface area contributed by atoms with Crippen molar-refractivity contribution in [3.8, 4) is 0 Å². The molecule has 0 aromatic rings. The summed E-state index contributed by atoms with van der Waals surface area (Å²) in [4.78, 5) is 0. The maximum absolute atomic E-state index is 9.80. The number of aliphatic hydroxyl groups excluding tert-OH is 1. The van der Waals surface area contributed by atoms with Crippen molar-refractivity contribution in [1.29, 1.82) is 0 Å². The molecule has 0 unspecified atom stereocenters. The highest BCUT2D eigenvalue weighted by Gasteiger charge is 2.25. The fourth-order valence-corrected chi connectivity index (χ4v) is 1.83. The second-order valence-electron chi connectivity index (χ2n) is 4.69. The molecule has 1 aliphatic rings. The minimum atomic E-state index is -0.362. The van der Waals surface area contributed by atoms with Crippen LogP contribution < -0.4 is 0 Å². The summed E-state index contributed by atoms with van der Waals surface area (Å²) in [5, 5.41) is 9.80. The van der Waals surface area contributed by atoms with E-state index in [9.17, 15) is 5.11 Å². The number of ether oxygens (including phenoxy) is 1. The van der Waals surface area contributed by atoms with Gasteiger partial charge in [-0.1, -0.05) is 56.7 Å². The number of aliphatic hydroxyl groups is 1. The second-order valence-corrected chi connectivity index (χ2v) is 4.69. The van der Waals surface area contributed by atoms with Gasteiger partial charge in [0.15, 0.2) is 0 Å². The summed E-state index contributed by atoms with van der Waals surface area (Å²) in [6.45, 7) is 5.00. The molecular formula is C15H24O2. The maximum atomic E-state index is 9.80. The van der Waals surface area contributed by atoms with Gasteiger partial charge in [0.05, 0.1) is 12.7 Å². The number of rotatable bonds is 5. The normalized spacial score (nSPS) is 30.9. The molecule has 3 atom stereocenters. The molecule has 0 spiro atoms. The van der Waals surface area contributed by atoms with Gasteiger partial charge in [0.1, 0.15) is 6.10 Å². The zero-order valence-corrected chi connectivity index (χ0v) is 10.9. The molecular weight excluding hydrogens is 212 g/mol. The fourth-order valence-electron chi connectivity index (χ4n) is 1.83. The van der Waals surface area contributed by atoms with Gasteiger partial charge in [-0.2, -0.15) is 0 Å². The molecule has 0 radical (unpaired) electrons. The van der Waals surface area contributed by atoms with Crippen LogP contribution in [0, 0.1) is 5.92 Å². The van der Waals surface area contributed by atoms with Gasteiger partial charge in [-0.25, -0.2) is 0 Å². The van der Waals surface area contributed by atoms with Gasteiger partial charge in [0.2, 0.25) is 0 Å². The Balaban J connectivity index is 2.28. The van der Waals surface area contributed by atoms with Crippen LogP contribution in [0.1, 0.15) is 33.1 Å². The average molecular weight is 236 g/mol. The van der Waals surface area contributed by atoms with E-state index >= 15 is 0 Å². The van der Waals surface area contributed by atoms with Crippen molar-refractivity contribution < 1.29 is 9.84 Å². The summed E-state index contributed by atoms with van der Waals surface area (Å²) in [6, 6.07) is 0. The van der Waals surface area contributed by atoms with Crippen molar-refractivity contribution in [2.75, 3.05) is 6.61 Å². The first-order chi connectivity index (χ1) is 8.24. The molecule has 1 heterocycles. The minimum absolute atomic E-state index is 0.143. The van der Waals surface area contributed by atoms with Crippen LogP contribution in [0.5, 0.6) is 0 Å². The molecule has 96 valence electrons. The van der Waals surface area contributed by atoms with Crippen LogP contribution in [-0.2, 0) is 4.74 Å². The smallest absolute Gasteiger partial charge is 0.102 e. The molecule has 17 heavy (non-hydrogen) atoms. The van der Waals surface area contributed by atoms with Crippen molar-refractivity contribution in [1.82, 2.24) is 0 Å². The number of unbranched alkanes of at least 4 members (excludes halogenated alkanes) is 1. The lowest BCUT2D eigenvalue weighted by Crippen LogP contribution is -2.36. The lowest BCUT2D eigenvalue weighted by Gasteiger charge is -2.29. The fraction of sp³-hybridized carbons (Fsp3) is 0.600. The summed E-state index contributed by atoms with van der Waals surface area (Å²) in [7, 11) is 0. The van der Waals surface area contributed by atoms with Gasteiger partial charge in [-0.05, 0) is 18.8 Å². The van der Waals surface area contributed by atoms with Crippen molar-refractivity contribution in [3.63, 3.8) is 0 Å². The first-order valence-electron chi connectivity index (χ1n) is 6.53. The zero-order chi connectivity index (χ0) is 12.5. The van der Waals surface area contributed by atoms with Crippen LogP contribution in [-0.4, -0.2) is 23.9 Å². The van der Waals surface area contributed by atoms with Crippen LogP contribution in [0.25, 0.3) is 0 Å². The number of allylic oxidation sites excluding steroid dienone is 5. The van der Waals surface area contributed by atoms with Gasteiger partial charge in [0, 0.05) is 0 Å². The molecule has 0 amide bonds. The lowest BCUT2D eigenvalue weighted by molar-refractivity contribution is -0.0711. The predicted molar refractivity (Wildman–Crippen MR) is 71.9 cm³/mol. The van der Waals surface area contributed by atoms with Gasteiger partial charge < -0.3 is 9.84 Å². The first-order valence-corrected chi connectivity index (χ1v) is 6.53. The summed E-state index contributed by atoms with van der Waals surface area (Å²) in [5.74, 6) is 0.460. The zero-order valence-electron chi connectivity index (χ0n) is 10.9. The van der Waals surface area contributed by atoms with Crippen molar-refractivity contribution in [2.45, 2.75) is 45.3 Å². The van der Waals surface area contributed by atoms with Gasteiger partial charge >= 0.3 is 0 Å². The molecule has 1 rings (SSSR count). The molecule has 0 aromatic heterocycles. The van der Waals surface area contributed by atoms with Crippen LogP contribution in [0.3, 0.4) is 0 Å². The Hall–Kier alpha value is -0.860. The van der Waals surface area contributed by atoms with E-state index < -0.39 is 0 Å². The second kappa shape index (κ2) is 8.26.